The first kappa shape index (κ1) is 23.6. The molecule has 0 bridgehead atoms. The molecule has 0 saturated carbocycles. The number of ether oxygens (including phenoxy) is 1. The molecule has 4 aromatic rings. The monoisotopic (exact) mass is 486 g/mol. The van der Waals surface area contributed by atoms with Gasteiger partial charge in [0.1, 0.15) is 35.1 Å². The molecule has 0 aliphatic heterocycles. The van der Waals surface area contributed by atoms with E-state index in [4.69, 9.17) is 27.9 Å². The topological polar surface area (TPSA) is 9.23 Å². The lowest BCUT2D eigenvalue weighted by molar-refractivity contribution is -0.00000598. The van der Waals surface area contributed by atoms with E-state index in [-0.39, 0.29) is 12.4 Å². The van der Waals surface area contributed by atoms with Crippen LogP contribution in [0.5, 0.6) is 5.75 Å². The Morgan fingerprint density at radius 1 is 0.645 bits per heavy atom. The highest BCUT2D eigenvalue weighted by molar-refractivity contribution is 7.95. The van der Waals surface area contributed by atoms with Crippen molar-refractivity contribution < 1.29 is 17.1 Å². The SMILES string of the molecule is COc1cc(Cl)c(C[P+](c2ccccc2)(c2ccccc2)c2ccccc2)c(Cl)c1.[Cl-]. The Labute approximate surface area is 200 Å². The number of hydrogen-bond donors (Lipinski definition) is 0. The standard InChI is InChI=1S/C26H22Cl2OP.ClH/c1-29-20-17-25(27)24(26(28)18-20)19-30(21-11-5-2-6-12-21,22-13-7-3-8-14-22)23-15-9-4-10-16-23;/h2-18H,19H2,1H3;1H/q+1;/p-1. The Morgan fingerprint density at radius 3 is 1.32 bits per heavy atom. The van der Waals surface area contributed by atoms with Crippen molar-refractivity contribution in [1.82, 2.24) is 0 Å². The van der Waals surface area contributed by atoms with Gasteiger partial charge >= 0.3 is 0 Å². The zero-order valence-electron chi connectivity index (χ0n) is 17.0. The van der Waals surface area contributed by atoms with Gasteiger partial charge in [0, 0.05) is 5.56 Å². The lowest BCUT2D eigenvalue weighted by Crippen LogP contribution is -3.00. The molecule has 0 heterocycles. The summed E-state index contributed by atoms with van der Waals surface area (Å²) in [5, 5.41) is 5.15. The Kier molecular flexibility index (Phi) is 8.03. The Hall–Kier alpha value is -2.02. The quantitative estimate of drug-likeness (QED) is 0.378. The minimum absolute atomic E-state index is 0. The molecule has 0 aliphatic rings. The molecular weight excluding hydrogens is 466 g/mol. The molecule has 5 heteroatoms. The average Bonchev–Trinajstić information content (AvgIpc) is 2.80. The van der Waals surface area contributed by atoms with Gasteiger partial charge in [0.05, 0.1) is 17.2 Å². The van der Waals surface area contributed by atoms with Gasteiger partial charge in [-0.2, -0.15) is 0 Å². The number of methoxy groups -OCH3 is 1. The summed E-state index contributed by atoms with van der Waals surface area (Å²) in [5.41, 5.74) is 0.948. The van der Waals surface area contributed by atoms with Crippen molar-refractivity contribution in [2.24, 2.45) is 0 Å². The van der Waals surface area contributed by atoms with E-state index < -0.39 is 7.26 Å². The van der Waals surface area contributed by atoms with E-state index in [0.29, 0.717) is 15.8 Å². The molecule has 4 rings (SSSR count). The molecule has 0 N–H and O–H groups in total. The van der Waals surface area contributed by atoms with E-state index >= 15 is 0 Å². The van der Waals surface area contributed by atoms with Gasteiger partial charge in [-0.1, -0.05) is 77.8 Å². The summed E-state index contributed by atoms with van der Waals surface area (Å²) in [7, 11) is -0.440. The third kappa shape index (κ3) is 4.76. The molecule has 0 unspecified atom stereocenters. The third-order valence-corrected chi connectivity index (χ3v) is 10.3. The first-order valence-electron chi connectivity index (χ1n) is 9.72. The molecule has 4 aromatic carbocycles. The van der Waals surface area contributed by atoms with Crippen LogP contribution >= 0.6 is 30.5 Å². The van der Waals surface area contributed by atoms with Crippen molar-refractivity contribution in [3.05, 3.63) is 119 Å². The minimum atomic E-state index is -2.06. The Bertz CT molecular complexity index is 1000. The van der Waals surface area contributed by atoms with E-state index in [1.165, 1.54) is 15.9 Å². The number of benzene rings is 4. The van der Waals surface area contributed by atoms with E-state index in [9.17, 15) is 0 Å². The first-order valence-corrected chi connectivity index (χ1v) is 12.4. The van der Waals surface area contributed by atoms with Crippen LogP contribution in [-0.2, 0) is 6.16 Å². The fourth-order valence-electron chi connectivity index (χ4n) is 3.85. The molecule has 0 saturated heterocycles. The summed E-state index contributed by atoms with van der Waals surface area (Å²) in [6, 6.07) is 35.8. The van der Waals surface area contributed by atoms with E-state index in [1.54, 1.807) is 7.11 Å². The van der Waals surface area contributed by atoms with Gasteiger partial charge in [-0.05, 0) is 48.5 Å². The lowest BCUT2D eigenvalue weighted by Gasteiger charge is -2.28. The molecule has 1 nitrogen and oxygen atoms in total. The highest BCUT2D eigenvalue weighted by Gasteiger charge is 2.46. The predicted octanol–water partition coefficient (Wildman–Crippen LogP) is 3.50. The van der Waals surface area contributed by atoms with Crippen LogP contribution in [0.2, 0.25) is 10.0 Å². The smallest absolute Gasteiger partial charge is 0.121 e. The molecule has 31 heavy (non-hydrogen) atoms. The van der Waals surface area contributed by atoms with Crippen molar-refractivity contribution >= 4 is 46.4 Å². The number of hydrogen-bond acceptors (Lipinski definition) is 1. The molecule has 158 valence electrons. The Morgan fingerprint density at radius 2 is 1.00 bits per heavy atom. The van der Waals surface area contributed by atoms with E-state index in [2.05, 4.69) is 91.0 Å². The van der Waals surface area contributed by atoms with Gasteiger partial charge in [-0.15, -0.1) is 0 Å². The van der Waals surface area contributed by atoms with Crippen molar-refractivity contribution in [2.45, 2.75) is 6.16 Å². The third-order valence-electron chi connectivity index (χ3n) is 5.34. The largest absolute Gasteiger partial charge is 1.00 e. The van der Waals surface area contributed by atoms with E-state index in [0.717, 1.165) is 11.7 Å². The maximum absolute atomic E-state index is 6.74. The van der Waals surface area contributed by atoms with Gasteiger partial charge in [-0.25, -0.2) is 0 Å². The van der Waals surface area contributed by atoms with Crippen LogP contribution in [0.4, 0.5) is 0 Å². The summed E-state index contributed by atoms with van der Waals surface area (Å²) in [6.07, 6.45) is 0.729. The van der Waals surface area contributed by atoms with Crippen molar-refractivity contribution in [2.75, 3.05) is 7.11 Å². The molecule has 0 spiro atoms. The summed E-state index contributed by atoms with van der Waals surface area (Å²) in [5.74, 6) is 0.664. The Balaban J connectivity index is 0.00000272. The minimum Gasteiger partial charge on any atom is -1.00 e. The van der Waals surface area contributed by atoms with Crippen LogP contribution in [-0.4, -0.2) is 7.11 Å². The number of rotatable bonds is 6. The van der Waals surface area contributed by atoms with Gasteiger partial charge < -0.3 is 17.1 Å². The summed E-state index contributed by atoms with van der Waals surface area (Å²) >= 11 is 13.5. The molecule has 0 atom stereocenters. The van der Waals surface area contributed by atoms with Crippen LogP contribution in [0.25, 0.3) is 0 Å². The molecule has 0 aromatic heterocycles. The fraction of sp³-hybridized carbons (Fsp3) is 0.0769. The van der Waals surface area contributed by atoms with Crippen molar-refractivity contribution in [3.8, 4) is 5.75 Å². The summed E-state index contributed by atoms with van der Waals surface area (Å²) in [4.78, 5) is 0. The summed E-state index contributed by atoms with van der Waals surface area (Å²) < 4.78 is 5.36. The van der Waals surface area contributed by atoms with Gasteiger partial charge in [0.25, 0.3) is 0 Å². The molecule has 0 amide bonds. The summed E-state index contributed by atoms with van der Waals surface area (Å²) in [6.45, 7) is 0. The van der Waals surface area contributed by atoms with Crippen molar-refractivity contribution in [3.63, 3.8) is 0 Å². The maximum atomic E-state index is 6.74. The maximum Gasteiger partial charge on any atom is 0.121 e. The molecule has 0 radical (unpaired) electrons. The molecule has 0 fully saturated rings. The second kappa shape index (κ2) is 10.5. The van der Waals surface area contributed by atoms with Crippen LogP contribution < -0.4 is 33.1 Å². The van der Waals surface area contributed by atoms with Crippen LogP contribution in [0, 0.1) is 0 Å². The first-order chi connectivity index (χ1) is 14.6. The van der Waals surface area contributed by atoms with Crippen LogP contribution in [0.15, 0.2) is 103 Å². The second-order valence-electron chi connectivity index (χ2n) is 7.04. The van der Waals surface area contributed by atoms with E-state index in [1.807, 2.05) is 12.1 Å². The lowest BCUT2D eigenvalue weighted by atomic mass is 10.2. The predicted molar refractivity (Wildman–Crippen MR) is 132 cm³/mol. The van der Waals surface area contributed by atoms with Crippen LogP contribution in [0.1, 0.15) is 5.56 Å². The zero-order valence-corrected chi connectivity index (χ0v) is 20.2. The van der Waals surface area contributed by atoms with Gasteiger partial charge in [0.15, 0.2) is 0 Å². The highest BCUT2D eigenvalue weighted by Crippen LogP contribution is 2.59. The van der Waals surface area contributed by atoms with Crippen LogP contribution in [0.3, 0.4) is 0 Å². The van der Waals surface area contributed by atoms with Gasteiger partial charge in [0.2, 0.25) is 0 Å². The highest BCUT2D eigenvalue weighted by atomic mass is 35.5. The molecular formula is C26H22Cl3OP. The normalized spacial score (nSPS) is 10.9. The van der Waals surface area contributed by atoms with Gasteiger partial charge in [-0.3, -0.25) is 0 Å². The number of halogens is 3. The second-order valence-corrected chi connectivity index (χ2v) is 11.3. The van der Waals surface area contributed by atoms with Crippen molar-refractivity contribution in [1.29, 1.82) is 0 Å². The zero-order chi connectivity index (χ0) is 21.0. The average molecular weight is 488 g/mol. The molecule has 0 aliphatic carbocycles. The fourth-order valence-corrected chi connectivity index (χ4v) is 8.94.